The van der Waals surface area contributed by atoms with Gasteiger partial charge in [-0.2, -0.15) is 24.7 Å². The van der Waals surface area contributed by atoms with Crippen molar-refractivity contribution in [2.45, 2.75) is 6.54 Å². The van der Waals surface area contributed by atoms with Gasteiger partial charge in [-0.3, -0.25) is 10.1 Å². The summed E-state index contributed by atoms with van der Waals surface area (Å²) in [6.45, 7) is 3.22. The number of nitrogens with zero attached hydrogens (tertiary/aromatic N) is 8. The summed E-state index contributed by atoms with van der Waals surface area (Å²) in [6.07, 6.45) is 5.14. The smallest absolute Gasteiger partial charge is 0.230 e. The molecule has 1 saturated heterocycles. The summed E-state index contributed by atoms with van der Waals surface area (Å²) in [5.74, 6) is 2.48. The van der Waals surface area contributed by atoms with Gasteiger partial charge in [-0.15, -0.1) is 0 Å². The van der Waals surface area contributed by atoms with Crippen molar-refractivity contribution in [3.05, 3.63) is 41.0 Å². The minimum absolute atomic E-state index is 0.402. The van der Waals surface area contributed by atoms with Gasteiger partial charge in [0.05, 0.1) is 30.4 Å². The van der Waals surface area contributed by atoms with Crippen molar-refractivity contribution >= 4 is 33.5 Å². The monoisotopic (exact) mass is 456 g/mol. The van der Waals surface area contributed by atoms with Crippen molar-refractivity contribution in [2.24, 2.45) is 0 Å². The number of hydrogen-bond acceptors (Lipinski definition) is 9. The molecular formula is C17H17BrN10O. The highest BCUT2D eigenvalue weighted by atomic mass is 79.9. The van der Waals surface area contributed by atoms with Gasteiger partial charge in [0.1, 0.15) is 5.82 Å². The number of morpholine rings is 1. The highest BCUT2D eigenvalue weighted by Crippen LogP contribution is 2.22. The Morgan fingerprint density at radius 3 is 2.90 bits per heavy atom. The van der Waals surface area contributed by atoms with E-state index < -0.39 is 0 Å². The molecule has 0 aliphatic carbocycles. The van der Waals surface area contributed by atoms with Crippen LogP contribution < -0.4 is 10.2 Å². The van der Waals surface area contributed by atoms with E-state index in [1.807, 2.05) is 12.1 Å². The maximum Gasteiger partial charge on any atom is 0.230 e. The molecule has 1 aliphatic rings. The molecule has 29 heavy (non-hydrogen) atoms. The lowest BCUT2D eigenvalue weighted by molar-refractivity contribution is 0.122. The number of hydrogen-bond donors (Lipinski definition) is 2. The molecule has 1 fully saturated rings. The minimum atomic E-state index is 0.402. The average molecular weight is 457 g/mol. The van der Waals surface area contributed by atoms with Gasteiger partial charge in [0.15, 0.2) is 11.5 Å². The van der Waals surface area contributed by atoms with E-state index in [0.29, 0.717) is 49.0 Å². The zero-order chi connectivity index (χ0) is 19.6. The zero-order valence-electron chi connectivity index (χ0n) is 15.3. The second kappa shape index (κ2) is 7.72. The number of halogens is 1. The van der Waals surface area contributed by atoms with Gasteiger partial charge in [0.25, 0.3) is 0 Å². The largest absolute Gasteiger partial charge is 0.378 e. The first-order valence-corrected chi connectivity index (χ1v) is 9.87. The van der Waals surface area contributed by atoms with Crippen LogP contribution in [0.25, 0.3) is 17.0 Å². The van der Waals surface area contributed by atoms with Crippen molar-refractivity contribution in [3.63, 3.8) is 0 Å². The molecule has 0 radical (unpaired) electrons. The maximum atomic E-state index is 5.43. The summed E-state index contributed by atoms with van der Waals surface area (Å²) < 4.78 is 7.89. The Labute approximate surface area is 173 Å². The summed E-state index contributed by atoms with van der Waals surface area (Å²) in [6, 6.07) is 3.77. The third kappa shape index (κ3) is 3.63. The number of H-pyrrole nitrogens is 1. The van der Waals surface area contributed by atoms with Gasteiger partial charge in [0, 0.05) is 31.0 Å². The highest BCUT2D eigenvalue weighted by molar-refractivity contribution is 9.10. The number of fused-ring (bicyclic) bond motifs is 1. The molecule has 12 heteroatoms. The van der Waals surface area contributed by atoms with Crippen molar-refractivity contribution in [1.82, 2.24) is 39.7 Å². The fraction of sp³-hybridized carbons (Fsp3) is 0.294. The van der Waals surface area contributed by atoms with E-state index in [4.69, 9.17) is 4.74 Å². The summed E-state index contributed by atoms with van der Waals surface area (Å²) in [4.78, 5) is 20.0. The highest BCUT2D eigenvalue weighted by Gasteiger charge is 2.18. The lowest BCUT2D eigenvalue weighted by Gasteiger charge is -2.27. The van der Waals surface area contributed by atoms with Crippen LogP contribution in [0.4, 0.5) is 11.9 Å². The lowest BCUT2D eigenvalue weighted by atomic mass is 10.3. The van der Waals surface area contributed by atoms with Crippen LogP contribution in [0, 0.1) is 0 Å². The molecule has 0 saturated carbocycles. The molecule has 148 valence electrons. The van der Waals surface area contributed by atoms with E-state index in [1.54, 1.807) is 23.1 Å². The van der Waals surface area contributed by atoms with Crippen molar-refractivity contribution in [3.8, 4) is 11.4 Å². The molecule has 2 N–H and O–H groups in total. The second-order valence-corrected chi connectivity index (χ2v) is 7.23. The number of aromatic nitrogens is 8. The number of anilines is 2. The first-order chi connectivity index (χ1) is 14.3. The predicted molar refractivity (Wildman–Crippen MR) is 108 cm³/mol. The van der Waals surface area contributed by atoms with Gasteiger partial charge in [-0.25, -0.2) is 4.98 Å². The number of pyridine rings is 1. The van der Waals surface area contributed by atoms with Gasteiger partial charge >= 0.3 is 0 Å². The molecule has 5 rings (SSSR count). The SMILES string of the molecule is Brc1cnn2c(NCc3nc(-c4cccnc4)n[nH]3)nc(N3CCOCC3)nc12. The number of rotatable bonds is 5. The van der Waals surface area contributed by atoms with Crippen LogP contribution in [0.3, 0.4) is 0 Å². The molecule has 11 nitrogen and oxygen atoms in total. The van der Waals surface area contributed by atoms with E-state index in [-0.39, 0.29) is 0 Å². The molecule has 0 amide bonds. The van der Waals surface area contributed by atoms with Gasteiger partial charge in [0.2, 0.25) is 11.9 Å². The van der Waals surface area contributed by atoms with E-state index in [9.17, 15) is 0 Å². The van der Waals surface area contributed by atoms with E-state index >= 15 is 0 Å². The molecule has 0 atom stereocenters. The van der Waals surface area contributed by atoms with Crippen LogP contribution >= 0.6 is 15.9 Å². The molecule has 5 heterocycles. The van der Waals surface area contributed by atoms with Crippen molar-refractivity contribution in [2.75, 3.05) is 36.5 Å². The first kappa shape index (κ1) is 17.9. The van der Waals surface area contributed by atoms with Crippen LogP contribution in [0.15, 0.2) is 35.2 Å². The number of aromatic amines is 1. The van der Waals surface area contributed by atoms with Gasteiger partial charge in [-0.1, -0.05) is 0 Å². The normalized spacial score (nSPS) is 14.4. The van der Waals surface area contributed by atoms with Crippen molar-refractivity contribution < 1.29 is 4.74 Å². The Morgan fingerprint density at radius 1 is 1.17 bits per heavy atom. The minimum Gasteiger partial charge on any atom is -0.378 e. The Balaban J connectivity index is 1.40. The van der Waals surface area contributed by atoms with E-state index in [1.165, 1.54) is 0 Å². The van der Waals surface area contributed by atoms with Gasteiger partial charge < -0.3 is 15.0 Å². The third-order valence-corrected chi connectivity index (χ3v) is 5.03. The second-order valence-electron chi connectivity index (χ2n) is 6.38. The molecule has 0 spiro atoms. The van der Waals surface area contributed by atoms with E-state index in [0.717, 1.165) is 23.1 Å². The zero-order valence-corrected chi connectivity index (χ0v) is 16.9. The average Bonchev–Trinajstić information content (AvgIpc) is 3.40. The summed E-state index contributed by atoms with van der Waals surface area (Å²) >= 11 is 3.51. The molecule has 1 aliphatic heterocycles. The Hall–Kier alpha value is -3.12. The molecule has 4 aromatic heterocycles. The molecule has 4 aromatic rings. The predicted octanol–water partition coefficient (Wildman–Crippen LogP) is 1.52. The summed E-state index contributed by atoms with van der Waals surface area (Å²) in [5.41, 5.74) is 1.54. The summed E-state index contributed by atoms with van der Waals surface area (Å²) in [5, 5.41) is 14.8. The van der Waals surface area contributed by atoms with Crippen LogP contribution in [0.1, 0.15) is 5.82 Å². The maximum absolute atomic E-state index is 5.43. The Bertz CT molecular complexity index is 1120. The standard InChI is InChI=1S/C17H17BrN10O/c18-12-9-21-28-15(12)23-17(27-4-6-29-7-5-27)24-16(28)20-10-13-22-14(26-25-13)11-2-1-3-19-8-11/h1-3,8-9H,4-7,10H2,(H,20,23,24)(H,22,25,26). The van der Waals surface area contributed by atoms with Crippen LogP contribution in [0.2, 0.25) is 0 Å². The molecule has 0 aromatic carbocycles. The molecule has 0 bridgehead atoms. The van der Waals surface area contributed by atoms with Crippen LogP contribution in [-0.4, -0.2) is 66.1 Å². The third-order valence-electron chi connectivity index (χ3n) is 4.47. The molecule has 0 unspecified atom stereocenters. The fourth-order valence-electron chi connectivity index (χ4n) is 3.02. The first-order valence-electron chi connectivity index (χ1n) is 9.07. The Kier molecular flexibility index (Phi) is 4.77. The van der Waals surface area contributed by atoms with Crippen LogP contribution in [-0.2, 0) is 11.3 Å². The molecular weight excluding hydrogens is 440 g/mol. The Morgan fingerprint density at radius 2 is 2.07 bits per heavy atom. The lowest BCUT2D eigenvalue weighted by Crippen LogP contribution is -2.37. The number of nitrogens with one attached hydrogen (secondary N) is 2. The van der Waals surface area contributed by atoms with E-state index in [2.05, 4.69) is 61.4 Å². The fourth-order valence-corrected chi connectivity index (χ4v) is 3.37. The number of ether oxygens (including phenoxy) is 1. The van der Waals surface area contributed by atoms with Crippen LogP contribution in [0.5, 0.6) is 0 Å². The topological polar surface area (TPSA) is 122 Å². The van der Waals surface area contributed by atoms with Crippen molar-refractivity contribution in [1.29, 1.82) is 0 Å². The summed E-state index contributed by atoms with van der Waals surface area (Å²) in [7, 11) is 0. The quantitative estimate of drug-likeness (QED) is 0.459. The van der Waals surface area contributed by atoms with Gasteiger partial charge in [-0.05, 0) is 28.1 Å².